The quantitative estimate of drug-likeness (QED) is 0.552. The lowest BCUT2D eigenvalue weighted by Crippen LogP contribution is -2.42. The summed E-state index contributed by atoms with van der Waals surface area (Å²) in [4.78, 5) is 4.11. The van der Waals surface area contributed by atoms with E-state index in [2.05, 4.69) is 4.99 Å². The molecule has 0 saturated carbocycles. The third-order valence-electron chi connectivity index (χ3n) is 1.96. The molecule has 1 heterocycles. The first-order valence-electron chi connectivity index (χ1n) is 3.38. The fraction of sp³-hybridized carbons (Fsp3) is 0.571. The molecule has 0 fully saturated rings. The van der Waals surface area contributed by atoms with Crippen LogP contribution >= 0.6 is 0 Å². The van der Waals surface area contributed by atoms with E-state index < -0.39 is 0 Å². The van der Waals surface area contributed by atoms with Crippen molar-refractivity contribution in [1.29, 1.82) is 0 Å². The Balaban J connectivity index is 2.69. The first-order chi connectivity index (χ1) is 4.69. The Morgan fingerprint density at radius 2 is 2.40 bits per heavy atom. The van der Waals surface area contributed by atoms with Gasteiger partial charge in [-0.1, -0.05) is 0 Å². The minimum absolute atomic E-state index is 0.202. The van der Waals surface area contributed by atoms with Gasteiger partial charge < -0.3 is 5.11 Å². The van der Waals surface area contributed by atoms with E-state index in [0.717, 1.165) is 5.84 Å². The number of hydrogen-bond donors (Lipinski definition) is 1. The summed E-state index contributed by atoms with van der Waals surface area (Å²) >= 11 is 0. The molecule has 10 heavy (non-hydrogen) atoms. The van der Waals surface area contributed by atoms with E-state index in [1.54, 1.807) is 6.20 Å². The van der Waals surface area contributed by atoms with E-state index in [0.29, 0.717) is 11.0 Å². The number of likely N-dealkylation sites (N-methyl/N-ethyl adjacent to an activating group) is 1. The minimum Gasteiger partial charge on any atom is -0.390 e. The molecule has 3 nitrogen and oxygen atoms in total. The number of aliphatic imine (C=N–C) groups is 1. The monoisotopic (exact) mass is 141 g/mol. The Kier molecular flexibility index (Phi) is 1.87. The highest BCUT2D eigenvalue weighted by atomic mass is 16.3. The van der Waals surface area contributed by atoms with Gasteiger partial charge in [0.15, 0.2) is 0 Å². The van der Waals surface area contributed by atoms with E-state index in [4.69, 9.17) is 5.11 Å². The summed E-state index contributed by atoms with van der Waals surface area (Å²) in [6.45, 7) is 2.88. The van der Waals surface area contributed by atoms with E-state index in [-0.39, 0.29) is 6.61 Å². The molecular formula is C7H13N2O+. The van der Waals surface area contributed by atoms with Crippen LogP contribution in [0, 0.1) is 0 Å². The second-order valence-electron chi connectivity index (χ2n) is 2.69. The van der Waals surface area contributed by atoms with Crippen molar-refractivity contribution in [2.75, 3.05) is 20.2 Å². The van der Waals surface area contributed by atoms with Crippen molar-refractivity contribution in [3.05, 3.63) is 12.4 Å². The summed E-state index contributed by atoms with van der Waals surface area (Å²) in [5.41, 5.74) is 0. The van der Waals surface area contributed by atoms with Crippen molar-refractivity contribution in [2.45, 2.75) is 6.92 Å². The van der Waals surface area contributed by atoms with Crippen LogP contribution in [-0.2, 0) is 0 Å². The molecule has 0 aromatic rings. The van der Waals surface area contributed by atoms with Gasteiger partial charge in [0.25, 0.3) is 0 Å². The van der Waals surface area contributed by atoms with Gasteiger partial charge in [0, 0.05) is 6.92 Å². The van der Waals surface area contributed by atoms with Crippen molar-refractivity contribution in [3.8, 4) is 0 Å². The fourth-order valence-electron chi connectivity index (χ4n) is 0.972. The average molecular weight is 141 g/mol. The molecule has 0 aliphatic carbocycles. The second-order valence-corrected chi connectivity index (χ2v) is 2.69. The van der Waals surface area contributed by atoms with Gasteiger partial charge in [-0.05, 0) is 0 Å². The Labute approximate surface area is 60.9 Å². The van der Waals surface area contributed by atoms with Crippen LogP contribution in [-0.4, -0.2) is 35.6 Å². The molecule has 1 rings (SSSR count). The highest BCUT2D eigenvalue weighted by Gasteiger charge is 2.25. The Hall–Kier alpha value is -0.670. The third kappa shape index (κ3) is 1.10. The number of hydrogen-bond acceptors (Lipinski definition) is 2. The fourth-order valence-corrected chi connectivity index (χ4v) is 0.972. The summed E-state index contributed by atoms with van der Waals surface area (Å²) in [7, 11) is 2.03. The molecule has 0 amide bonds. The van der Waals surface area contributed by atoms with Gasteiger partial charge >= 0.3 is 0 Å². The van der Waals surface area contributed by atoms with Crippen molar-refractivity contribution < 1.29 is 9.59 Å². The van der Waals surface area contributed by atoms with Crippen molar-refractivity contribution in [1.82, 2.24) is 0 Å². The third-order valence-corrected chi connectivity index (χ3v) is 1.96. The molecule has 1 N–H and O–H groups in total. The van der Waals surface area contributed by atoms with E-state index in [1.165, 1.54) is 0 Å². The summed E-state index contributed by atoms with van der Waals surface area (Å²) in [5.74, 6) is 1.04. The molecule has 0 spiro atoms. The van der Waals surface area contributed by atoms with Gasteiger partial charge in [-0.2, -0.15) is 0 Å². The van der Waals surface area contributed by atoms with Gasteiger partial charge in [-0.25, -0.2) is 4.99 Å². The topological polar surface area (TPSA) is 32.6 Å². The number of rotatable bonds is 2. The van der Waals surface area contributed by atoms with Crippen LogP contribution in [0.15, 0.2) is 17.4 Å². The molecule has 1 aliphatic rings. The zero-order valence-corrected chi connectivity index (χ0v) is 6.41. The molecule has 1 atom stereocenters. The lowest BCUT2D eigenvalue weighted by molar-refractivity contribution is -0.764. The van der Waals surface area contributed by atoms with Crippen LogP contribution < -0.4 is 0 Å². The molecule has 1 aliphatic heterocycles. The van der Waals surface area contributed by atoms with Crippen molar-refractivity contribution >= 4 is 5.84 Å². The van der Waals surface area contributed by atoms with Gasteiger partial charge in [0.1, 0.15) is 12.7 Å². The Morgan fingerprint density at radius 3 is 2.80 bits per heavy atom. The largest absolute Gasteiger partial charge is 0.390 e. The van der Waals surface area contributed by atoms with Crippen LogP contribution in [0.25, 0.3) is 0 Å². The predicted octanol–water partition coefficient (Wildman–Crippen LogP) is 0.329. The highest BCUT2D eigenvalue weighted by molar-refractivity contribution is 5.75. The Bertz CT molecular complexity index is 186. The molecule has 0 aromatic heterocycles. The SMILES string of the molecule is CC1=NC=C[N+]1(C)CCO. The number of amidine groups is 1. The summed E-state index contributed by atoms with van der Waals surface area (Å²) < 4.78 is 0.649. The first kappa shape index (κ1) is 7.44. The molecule has 56 valence electrons. The summed E-state index contributed by atoms with van der Waals surface area (Å²) in [6.07, 6.45) is 3.76. The summed E-state index contributed by atoms with van der Waals surface area (Å²) in [5, 5.41) is 8.71. The van der Waals surface area contributed by atoms with Gasteiger partial charge in [0.2, 0.25) is 5.84 Å². The standard InChI is InChI=1S/C7H13N2O/c1-7-8-3-4-9(7,2)5-6-10/h3-4,10H,5-6H2,1-2H3/q+1. The highest BCUT2D eigenvalue weighted by Crippen LogP contribution is 2.11. The van der Waals surface area contributed by atoms with E-state index in [1.807, 2.05) is 20.2 Å². The lowest BCUT2D eigenvalue weighted by atomic mass is 10.4. The number of aliphatic hydroxyl groups is 1. The van der Waals surface area contributed by atoms with E-state index >= 15 is 0 Å². The van der Waals surface area contributed by atoms with Crippen LogP contribution in [0.2, 0.25) is 0 Å². The maximum atomic E-state index is 8.71. The lowest BCUT2D eigenvalue weighted by Gasteiger charge is -2.24. The van der Waals surface area contributed by atoms with Crippen LogP contribution in [0.1, 0.15) is 6.92 Å². The molecule has 0 radical (unpaired) electrons. The molecule has 0 aromatic carbocycles. The Morgan fingerprint density at radius 1 is 1.70 bits per heavy atom. The smallest absolute Gasteiger partial charge is 0.204 e. The molecule has 0 bridgehead atoms. The zero-order valence-electron chi connectivity index (χ0n) is 6.41. The predicted molar refractivity (Wildman–Crippen MR) is 40.4 cm³/mol. The maximum Gasteiger partial charge on any atom is 0.204 e. The number of aliphatic hydroxyl groups excluding tert-OH is 1. The van der Waals surface area contributed by atoms with E-state index in [9.17, 15) is 0 Å². The number of quaternary nitrogens is 1. The average Bonchev–Trinajstić information content (AvgIpc) is 2.15. The maximum absolute atomic E-state index is 8.71. The minimum atomic E-state index is 0.202. The summed E-state index contributed by atoms with van der Waals surface area (Å²) in [6, 6.07) is 0. The van der Waals surface area contributed by atoms with Crippen LogP contribution in [0.4, 0.5) is 0 Å². The van der Waals surface area contributed by atoms with Crippen molar-refractivity contribution in [2.24, 2.45) is 4.99 Å². The van der Waals surface area contributed by atoms with Gasteiger partial charge in [0.05, 0.1) is 19.9 Å². The molecule has 3 heteroatoms. The van der Waals surface area contributed by atoms with Gasteiger partial charge in [-0.3, -0.25) is 4.48 Å². The number of nitrogens with zero attached hydrogens (tertiary/aromatic N) is 2. The molecule has 0 saturated heterocycles. The zero-order chi connectivity index (χ0) is 7.61. The normalized spacial score (nSPS) is 30.9. The van der Waals surface area contributed by atoms with Crippen molar-refractivity contribution in [3.63, 3.8) is 0 Å². The molecule has 1 unspecified atom stereocenters. The van der Waals surface area contributed by atoms with Crippen LogP contribution in [0.3, 0.4) is 0 Å². The molecular weight excluding hydrogens is 128 g/mol. The first-order valence-corrected chi connectivity index (χ1v) is 3.38. The van der Waals surface area contributed by atoms with Gasteiger partial charge in [-0.15, -0.1) is 0 Å². The second kappa shape index (κ2) is 2.52. The van der Waals surface area contributed by atoms with Crippen LogP contribution in [0.5, 0.6) is 0 Å².